The number of hydrogen-bond donors (Lipinski definition) is 2. The second kappa shape index (κ2) is 7.03. The van der Waals surface area contributed by atoms with Crippen molar-refractivity contribution < 1.29 is 19.2 Å². The standard InChI is InChI=1S/C20H19N3O4/c1-11(2)16(18(25)22-15-10-6-5-9-14(15)17(21)24)23-19(26)12-7-3-4-8-13(12)20(23)27/h3-11,16H,1-2H3,(H2,21,24)(H,22,25)/t16-/m1/s1. The summed E-state index contributed by atoms with van der Waals surface area (Å²) in [5.74, 6) is -2.60. The van der Waals surface area contributed by atoms with E-state index < -0.39 is 29.7 Å². The van der Waals surface area contributed by atoms with Crippen molar-refractivity contribution in [1.29, 1.82) is 0 Å². The van der Waals surface area contributed by atoms with Crippen LogP contribution in [0.2, 0.25) is 0 Å². The fraction of sp³-hybridized carbons (Fsp3) is 0.200. The predicted molar refractivity (Wildman–Crippen MR) is 99.2 cm³/mol. The molecule has 0 fully saturated rings. The largest absolute Gasteiger partial charge is 0.366 e. The van der Waals surface area contributed by atoms with E-state index in [4.69, 9.17) is 5.73 Å². The van der Waals surface area contributed by atoms with Crippen LogP contribution in [0.1, 0.15) is 44.9 Å². The van der Waals surface area contributed by atoms with Crippen LogP contribution in [0.25, 0.3) is 0 Å². The van der Waals surface area contributed by atoms with Crippen LogP contribution in [0.4, 0.5) is 5.69 Å². The molecule has 1 heterocycles. The van der Waals surface area contributed by atoms with E-state index in [9.17, 15) is 19.2 Å². The van der Waals surface area contributed by atoms with Crippen molar-refractivity contribution in [3.05, 3.63) is 65.2 Å². The Morgan fingerprint density at radius 2 is 1.44 bits per heavy atom. The lowest BCUT2D eigenvalue weighted by Crippen LogP contribution is -2.50. The third-order valence-corrected chi connectivity index (χ3v) is 4.45. The molecule has 2 aromatic carbocycles. The van der Waals surface area contributed by atoms with Crippen molar-refractivity contribution >= 4 is 29.3 Å². The summed E-state index contributed by atoms with van der Waals surface area (Å²) >= 11 is 0. The molecule has 0 saturated carbocycles. The number of anilines is 1. The van der Waals surface area contributed by atoms with Gasteiger partial charge in [0.05, 0.1) is 22.4 Å². The fourth-order valence-electron chi connectivity index (χ4n) is 3.19. The maximum Gasteiger partial charge on any atom is 0.262 e. The highest BCUT2D eigenvalue weighted by molar-refractivity contribution is 6.23. The minimum Gasteiger partial charge on any atom is -0.366 e. The van der Waals surface area contributed by atoms with E-state index in [0.717, 1.165) is 4.90 Å². The zero-order chi connectivity index (χ0) is 19.7. The third-order valence-electron chi connectivity index (χ3n) is 4.45. The van der Waals surface area contributed by atoms with Crippen molar-refractivity contribution in [3.8, 4) is 0 Å². The number of imide groups is 1. The highest BCUT2D eigenvalue weighted by Gasteiger charge is 2.44. The van der Waals surface area contributed by atoms with Crippen LogP contribution < -0.4 is 11.1 Å². The number of para-hydroxylation sites is 1. The molecule has 1 aliphatic rings. The molecule has 7 nitrogen and oxygen atoms in total. The summed E-state index contributed by atoms with van der Waals surface area (Å²) in [7, 11) is 0. The van der Waals surface area contributed by atoms with E-state index in [2.05, 4.69) is 5.32 Å². The molecule has 0 spiro atoms. The van der Waals surface area contributed by atoms with Crippen molar-refractivity contribution in [2.24, 2.45) is 11.7 Å². The molecule has 3 N–H and O–H groups in total. The molecule has 3 rings (SSSR count). The van der Waals surface area contributed by atoms with Crippen LogP contribution in [0.5, 0.6) is 0 Å². The zero-order valence-electron chi connectivity index (χ0n) is 14.9. The van der Waals surface area contributed by atoms with E-state index in [1.54, 1.807) is 50.2 Å². The van der Waals surface area contributed by atoms with Crippen LogP contribution in [0.15, 0.2) is 48.5 Å². The molecule has 4 amide bonds. The van der Waals surface area contributed by atoms with E-state index in [1.807, 2.05) is 0 Å². The molecular weight excluding hydrogens is 346 g/mol. The van der Waals surface area contributed by atoms with Crippen LogP contribution >= 0.6 is 0 Å². The molecule has 0 unspecified atom stereocenters. The Morgan fingerprint density at radius 3 is 1.96 bits per heavy atom. The van der Waals surface area contributed by atoms with Gasteiger partial charge in [-0.05, 0) is 30.2 Å². The molecule has 7 heteroatoms. The molecule has 1 aliphatic heterocycles. The van der Waals surface area contributed by atoms with Gasteiger partial charge in [-0.25, -0.2) is 0 Å². The van der Waals surface area contributed by atoms with E-state index in [1.165, 1.54) is 12.1 Å². The van der Waals surface area contributed by atoms with Gasteiger partial charge in [0.25, 0.3) is 17.7 Å². The van der Waals surface area contributed by atoms with Gasteiger partial charge in [-0.2, -0.15) is 0 Å². The van der Waals surface area contributed by atoms with Gasteiger partial charge in [0.15, 0.2) is 0 Å². The summed E-state index contributed by atoms with van der Waals surface area (Å²) in [6, 6.07) is 11.7. The van der Waals surface area contributed by atoms with Crippen LogP contribution in [0, 0.1) is 5.92 Å². The number of carbonyl (C=O) groups excluding carboxylic acids is 4. The average Bonchev–Trinajstić information content (AvgIpc) is 2.87. The fourth-order valence-corrected chi connectivity index (χ4v) is 3.19. The summed E-state index contributed by atoms with van der Waals surface area (Å²) in [5.41, 5.74) is 6.28. The van der Waals surface area contributed by atoms with Gasteiger partial charge in [0.1, 0.15) is 6.04 Å². The number of nitrogens with two attached hydrogens (primary N) is 1. The van der Waals surface area contributed by atoms with E-state index in [0.29, 0.717) is 0 Å². The molecule has 0 aromatic heterocycles. The Hall–Kier alpha value is -3.48. The first-order chi connectivity index (χ1) is 12.8. The Kier molecular flexibility index (Phi) is 4.77. The number of benzene rings is 2. The van der Waals surface area contributed by atoms with Gasteiger partial charge in [-0.3, -0.25) is 24.1 Å². The number of hydrogen-bond acceptors (Lipinski definition) is 4. The normalized spacial score (nSPS) is 14.3. The lowest BCUT2D eigenvalue weighted by molar-refractivity contribution is -0.121. The maximum atomic E-state index is 12.9. The number of fused-ring (bicyclic) bond motifs is 1. The number of nitrogens with one attached hydrogen (secondary N) is 1. The van der Waals surface area contributed by atoms with Gasteiger partial charge in [0, 0.05) is 0 Å². The number of amides is 4. The predicted octanol–water partition coefficient (Wildman–Crippen LogP) is 2.04. The summed E-state index contributed by atoms with van der Waals surface area (Å²) in [5, 5.41) is 2.63. The van der Waals surface area contributed by atoms with Crippen LogP contribution in [-0.2, 0) is 4.79 Å². The Morgan fingerprint density at radius 1 is 0.926 bits per heavy atom. The molecule has 0 aliphatic carbocycles. The van der Waals surface area contributed by atoms with E-state index >= 15 is 0 Å². The summed E-state index contributed by atoms with van der Waals surface area (Å²) in [4.78, 5) is 51.0. The Labute approximate surface area is 156 Å². The second-order valence-electron chi connectivity index (χ2n) is 6.61. The quantitative estimate of drug-likeness (QED) is 0.790. The van der Waals surface area contributed by atoms with Crippen molar-refractivity contribution in [2.75, 3.05) is 5.32 Å². The topological polar surface area (TPSA) is 110 Å². The highest BCUT2D eigenvalue weighted by atomic mass is 16.2. The molecule has 0 bridgehead atoms. The minimum atomic E-state index is -1.03. The van der Waals surface area contributed by atoms with Gasteiger partial charge >= 0.3 is 0 Å². The molecule has 138 valence electrons. The number of rotatable bonds is 5. The SMILES string of the molecule is CC(C)[C@H](C(=O)Nc1ccccc1C(N)=O)N1C(=O)c2ccccc2C1=O. The van der Waals surface area contributed by atoms with Crippen LogP contribution in [0.3, 0.4) is 0 Å². The van der Waals surface area contributed by atoms with Crippen LogP contribution in [-0.4, -0.2) is 34.6 Å². The molecule has 0 saturated heterocycles. The maximum absolute atomic E-state index is 12.9. The first kappa shape index (κ1) is 18.3. The Balaban J connectivity index is 1.94. The second-order valence-corrected chi connectivity index (χ2v) is 6.61. The molecule has 27 heavy (non-hydrogen) atoms. The Bertz CT molecular complexity index is 917. The number of primary amides is 1. The van der Waals surface area contributed by atoms with E-state index in [-0.39, 0.29) is 28.3 Å². The minimum absolute atomic E-state index is 0.149. The lowest BCUT2D eigenvalue weighted by atomic mass is 10.0. The number of nitrogens with zero attached hydrogens (tertiary/aromatic N) is 1. The highest BCUT2D eigenvalue weighted by Crippen LogP contribution is 2.28. The third kappa shape index (κ3) is 3.19. The lowest BCUT2D eigenvalue weighted by Gasteiger charge is -2.28. The van der Waals surface area contributed by atoms with Crippen molar-refractivity contribution in [1.82, 2.24) is 4.90 Å². The smallest absolute Gasteiger partial charge is 0.262 e. The summed E-state index contributed by atoms with van der Waals surface area (Å²) < 4.78 is 0. The number of carbonyl (C=O) groups is 4. The first-order valence-electron chi connectivity index (χ1n) is 8.49. The monoisotopic (exact) mass is 365 g/mol. The summed E-state index contributed by atoms with van der Waals surface area (Å²) in [6.07, 6.45) is 0. The molecule has 2 aromatic rings. The summed E-state index contributed by atoms with van der Waals surface area (Å²) in [6.45, 7) is 3.49. The van der Waals surface area contributed by atoms with Gasteiger partial charge in [-0.15, -0.1) is 0 Å². The molecule has 0 radical (unpaired) electrons. The zero-order valence-corrected chi connectivity index (χ0v) is 14.9. The average molecular weight is 365 g/mol. The van der Waals surface area contributed by atoms with Gasteiger partial charge in [0.2, 0.25) is 5.91 Å². The molecule has 1 atom stereocenters. The van der Waals surface area contributed by atoms with Gasteiger partial charge in [-0.1, -0.05) is 38.1 Å². The van der Waals surface area contributed by atoms with Crippen molar-refractivity contribution in [3.63, 3.8) is 0 Å². The molecular formula is C20H19N3O4. The van der Waals surface area contributed by atoms with Gasteiger partial charge < -0.3 is 11.1 Å². The van der Waals surface area contributed by atoms with Crippen molar-refractivity contribution in [2.45, 2.75) is 19.9 Å². The first-order valence-corrected chi connectivity index (χ1v) is 8.49.